The van der Waals surface area contributed by atoms with Gasteiger partial charge in [0.25, 0.3) is 0 Å². The van der Waals surface area contributed by atoms with Crippen LogP contribution in [0.25, 0.3) is 0 Å². The van der Waals surface area contributed by atoms with Gasteiger partial charge >= 0.3 is 5.69 Å². The number of nitro groups is 1. The molecular formula is C17H23N5O4. The normalized spacial score (nSPS) is 10.5. The maximum absolute atomic E-state index is 11.7. The molecule has 0 spiro atoms. The average Bonchev–Trinajstić information content (AvgIpc) is 2.67. The van der Waals surface area contributed by atoms with Crippen LogP contribution in [0.4, 0.5) is 17.3 Å². The van der Waals surface area contributed by atoms with Crippen LogP contribution in [0.1, 0.15) is 5.56 Å². The molecule has 0 saturated heterocycles. The molecule has 1 heterocycles. The summed E-state index contributed by atoms with van der Waals surface area (Å²) in [6, 6.07) is 9.61. The van der Waals surface area contributed by atoms with Gasteiger partial charge in [-0.2, -0.15) is 0 Å². The van der Waals surface area contributed by atoms with E-state index in [-0.39, 0.29) is 17.3 Å². The minimum Gasteiger partial charge on any atom is -0.383 e. The van der Waals surface area contributed by atoms with E-state index in [1.165, 1.54) is 6.33 Å². The van der Waals surface area contributed by atoms with Gasteiger partial charge in [0, 0.05) is 33.9 Å². The molecule has 9 heteroatoms. The zero-order valence-electron chi connectivity index (χ0n) is 14.9. The number of hydrogen-bond donors (Lipinski definition) is 1. The Morgan fingerprint density at radius 3 is 2.35 bits per heavy atom. The second-order valence-corrected chi connectivity index (χ2v) is 5.46. The maximum Gasteiger partial charge on any atom is 0.353 e. The topological polar surface area (TPSA) is 103 Å². The highest BCUT2D eigenvalue weighted by atomic mass is 16.6. The minimum absolute atomic E-state index is 0.157. The van der Waals surface area contributed by atoms with Crippen molar-refractivity contribution < 1.29 is 14.4 Å². The molecule has 140 valence electrons. The fourth-order valence-corrected chi connectivity index (χ4v) is 2.41. The van der Waals surface area contributed by atoms with Crippen molar-refractivity contribution in [2.45, 2.75) is 6.54 Å². The van der Waals surface area contributed by atoms with Crippen molar-refractivity contribution in [2.24, 2.45) is 0 Å². The first-order chi connectivity index (χ1) is 12.7. The lowest BCUT2D eigenvalue weighted by atomic mass is 10.2. The lowest BCUT2D eigenvalue weighted by molar-refractivity contribution is -0.383. The van der Waals surface area contributed by atoms with Gasteiger partial charge in [0.1, 0.15) is 6.33 Å². The SMILES string of the molecule is COCCN(CCOC)c1ncnc(NCc2ccccc2)c1[N+](=O)[O-]. The van der Waals surface area contributed by atoms with Crippen molar-refractivity contribution in [3.05, 3.63) is 52.3 Å². The first-order valence-corrected chi connectivity index (χ1v) is 8.17. The fourth-order valence-electron chi connectivity index (χ4n) is 2.41. The van der Waals surface area contributed by atoms with E-state index in [1.54, 1.807) is 19.1 Å². The van der Waals surface area contributed by atoms with Crippen LogP contribution in [0.3, 0.4) is 0 Å². The third-order valence-electron chi connectivity index (χ3n) is 3.72. The van der Waals surface area contributed by atoms with Gasteiger partial charge in [-0.15, -0.1) is 0 Å². The molecule has 1 aromatic carbocycles. The zero-order valence-corrected chi connectivity index (χ0v) is 14.9. The summed E-state index contributed by atoms with van der Waals surface area (Å²) < 4.78 is 10.2. The molecule has 2 aromatic rings. The maximum atomic E-state index is 11.7. The van der Waals surface area contributed by atoms with E-state index in [2.05, 4.69) is 15.3 Å². The monoisotopic (exact) mass is 361 g/mol. The van der Waals surface area contributed by atoms with Crippen molar-refractivity contribution in [3.63, 3.8) is 0 Å². The molecule has 0 amide bonds. The molecule has 1 N–H and O–H groups in total. The second-order valence-electron chi connectivity index (χ2n) is 5.46. The summed E-state index contributed by atoms with van der Waals surface area (Å²) in [4.78, 5) is 21.2. The number of aromatic nitrogens is 2. The lowest BCUT2D eigenvalue weighted by Crippen LogP contribution is -2.32. The predicted octanol–water partition coefficient (Wildman–Crippen LogP) is 2.10. The average molecular weight is 361 g/mol. The van der Waals surface area contributed by atoms with Crippen LogP contribution in [0.2, 0.25) is 0 Å². The molecule has 0 aliphatic rings. The summed E-state index contributed by atoms with van der Waals surface area (Å²) in [5, 5.41) is 14.7. The molecule has 0 atom stereocenters. The predicted molar refractivity (Wildman–Crippen MR) is 98.4 cm³/mol. The molecule has 0 bridgehead atoms. The van der Waals surface area contributed by atoms with Crippen LogP contribution in [-0.4, -0.2) is 55.4 Å². The summed E-state index contributed by atoms with van der Waals surface area (Å²) in [7, 11) is 3.16. The van der Waals surface area contributed by atoms with E-state index in [0.717, 1.165) is 5.56 Å². The molecule has 0 unspecified atom stereocenters. The van der Waals surface area contributed by atoms with E-state index in [4.69, 9.17) is 9.47 Å². The molecule has 0 fully saturated rings. The Labute approximate surface area is 152 Å². The van der Waals surface area contributed by atoms with Gasteiger partial charge < -0.3 is 19.7 Å². The summed E-state index contributed by atoms with van der Waals surface area (Å²) in [6.45, 7) is 2.16. The largest absolute Gasteiger partial charge is 0.383 e. The van der Waals surface area contributed by atoms with Gasteiger partial charge in [0.05, 0.1) is 18.1 Å². The first-order valence-electron chi connectivity index (χ1n) is 8.17. The van der Waals surface area contributed by atoms with Crippen LogP contribution in [0, 0.1) is 10.1 Å². The van der Waals surface area contributed by atoms with Gasteiger partial charge in [0.15, 0.2) is 0 Å². The standard InChI is InChI=1S/C17H23N5O4/c1-25-10-8-21(9-11-26-2)17-15(22(23)24)16(19-13-20-17)18-12-14-6-4-3-5-7-14/h3-7,13H,8-12H2,1-2H3,(H,18,19,20). The number of ether oxygens (including phenoxy) is 2. The Morgan fingerprint density at radius 2 is 1.77 bits per heavy atom. The van der Waals surface area contributed by atoms with Crippen molar-refractivity contribution >= 4 is 17.3 Å². The number of nitrogens with one attached hydrogen (secondary N) is 1. The Morgan fingerprint density at radius 1 is 1.12 bits per heavy atom. The van der Waals surface area contributed by atoms with E-state index in [0.29, 0.717) is 32.8 Å². The zero-order chi connectivity index (χ0) is 18.8. The number of rotatable bonds is 11. The van der Waals surface area contributed by atoms with Crippen LogP contribution < -0.4 is 10.2 Å². The van der Waals surface area contributed by atoms with Crippen LogP contribution in [-0.2, 0) is 16.0 Å². The van der Waals surface area contributed by atoms with Gasteiger partial charge in [-0.3, -0.25) is 10.1 Å². The van der Waals surface area contributed by atoms with Crippen molar-refractivity contribution in [2.75, 3.05) is 50.7 Å². The van der Waals surface area contributed by atoms with Crippen LogP contribution in [0.15, 0.2) is 36.7 Å². The Bertz CT molecular complexity index is 691. The molecule has 0 saturated carbocycles. The number of hydrogen-bond acceptors (Lipinski definition) is 8. The molecule has 0 aliphatic heterocycles. The van der Waals surface area contributed by atoms with E-state index < -0.39 is 4.92 Å². The molecule has 26 heavy (non-hydrogen) atoms. The van der Waals surface area contributed by atoms with Gasteiger partial charge in [-0.25, -0.2) is 9.97 Å². The third kappa shape index (κ3) is 5.36. The quantitative estimate of drug-likeness (QED) is 0.479. The highest BCUT2D eigenvalue weighted by molar-refractivity contribution is 5.70. The molecule has 9 nitrogen and oxygen atoms in total. The highest BCUT2D eigenvalue weighted by Gasteiger charge is 2.26. The summed E-state index contributed by atoms with van der Waals surface area (Å²) in [6.07, 6.45) is 1.32. The summed E-state index contributed by atoms with van der Waals surface area (Å²) >= 11 is 0. The third-order valence-corrected chi connectivity index (χ3v) is 3.72. The number of nitrogens with zero attached hydrogens (tertiary/aromatic N) is 4. The molecule has 0 radical (unpaired) electrons. The van der Waals surface area contributed by atoms with E-state index in [1.807, 2.05) is 30.3 Å². The van der Waals surface area contributed by atoms with Crippen molar-refractivity contribution in [3.8, 4) is 0 Å². The van der Waals surface area contributed by atoms with E-state index in [9.17, 15) is 10.1 Å². The van der Waals surface area contributed by atoms with Crippen molar-refractivity contribution in [1.82, 2.24) is 9.97 Å². The van der Waals surface area contributed by atoms with Gasteiger partial charge in [-0.1, -0.05) is 30.3 Å². The lowest BCUT2D eigenvalue weighted by Gasteiger charge is -2.23. The number of anilines is 2. The second kappa shape index (κ2) is 10.3. The number of benzene rings is 1. The molecule has 1 aromatic heterocycles. The van der Waals surface area contributed by atoms with Crippen LogP contribution in [0.5, 0.6) is 0 Å². The highest BCUT2D eigenvalue weighted by Crippen LogP contribution is 2.31. The van der Waals surface area contributed by atoms with Crippen LogP contribution >= 0.6 is 0 Å². The molecular weight excluding hydrogens is 338 g/mol. The van der Waals surface area contributed by atoms with Gasteiger partial charge in [-0.05, 0) is 5.56 Å². The summed E-state index contributed by atoms with van der Waals surface area (Å²) in [5.74, 6) is 0.429. The summed E-state index contributed by atoms with van der Waals surface area (Å²) in [5.41, 5.74) is 0.841. The van der Waals surface area contributed by atoms with Gasteiger partial charge in [0.2, 0.25) is 11.6 Å². The molecule has 2 rings (SSSR count). The Hall–Kier alpha value is -2.78. The Balaban J connectivity index is 2.28. The van der Waals surface area contributed by atoms with Crippen molar-refractivity contribution in [1.29, 1.82) is 0 Å². The first kappa shape index (κ1) is 19.5. The Kier molecular flexibility index (Phi) is 7.72. The number of methoxy groups -OCH3 is 2. The fraction of sp³-hybridized carbons (Fsp3) is 0.412. The minimum atomic E-state index is -0.463. The smallest absolute Gasteiger partial charge is 0.353 e. The van der Waals surface area contributed by atoms with E-state index >= 15 is 0 Å². The molecule has 0 aliphatic carbocycles.